The Balaban J connectivity index is 1.92. The predicted octanol–water partition coefficient (Wildman–Crippen LogP) is 3.34. The lowest BCUT2D eigenvalue weighted by Crippen LogP contribution is -2.37. The van der Waals surface area contributed by atoms with Gasteiger partial charge in [-0.3, -0.25) is 9.59 Å². The number of rotatable bonds is 8. The number of ether oxygens (including phenoxy) is 3. The zero-order valence-electron chi connectivity index (χ0n) is 19.4. The molecule has 1 aliphatic heterocycles. The molecule has 0 bridgehead atoms. The van der Waals surface area contributed by atoms with Crippen LogP contribution in [-0.2, 0) is 4.79 Å². The number of hydrogen-bond acceptors (Lipinski definition) is 5. The summed E-state index contributed by atoms with van der Waals surface area (Å²) in [6, 6.07) is 12.7. The largest absolute Gasteiger partial charge is 0.497 e. The number of para-hydroxylation sites is 1. The summed E-state index contributed by atoms with van der Waals surface area (Å²) in [6.45, 7) is 5.44. The smallest absolute Gasteiger partial charge is 0.253 e. The molecular weight excluding hydrogens is 408 g/mol. The fourth-order valence-electron chi connectivity index (χ4n) is 4.11. The number of nitrogens with one attached hydrogen (secondary N) is 1. The number of carbonyl (C=O) groups excluding carboxylic acids is 2. The van der Waals surface area contributed by atoms with Gasteiger partial charge in [-0.25, -0.2) is 0 Å². The Morgan fingerprint density at radius 2 is 1.72 bits per heavy atom. The summed E-state index contributed by atoms with van der Waals surface area (Å²) in [7, 11) is 4.76. The van der Waals surface area contributed by atoms with Crippen molar-refractivity contribution >= 4 is 11.8 Å². The molecule has 1 fully saturated rings. The van der Waals surface area contributed by atoms with Crippen molar-refractivity contribution < 1.29 is 23.8 Å². The fourth-order valence-corrected chi connectivity index (χ4v) is 4.11. The molecule has 1 N–H and O–H groups in total. The van der Waals surface area contributed by atoms with Crippen LogP contribution in [0.15, 0.2) is 42.5 Å². The summed E-state index contributed by atoms with van der Waals surface area (Å²) < 4.78 is 16.3. The second-order valence-electron chi connectivity index (χ2n) is 8.37. The van der Waals surface area contributed by atoms with Gasteiger partial charge in [-0.2, -0.15) is 0 Å². The topological polar surface area (TPSA) is 77.1 Å². The monoisotopic (exact) mass is 440 g/mol. The average molecular weight is 441 g/mol. The average Bonchev–Trinajstić information content (AvgIpc) is 3.26. The third-order valence-corrected chi connectivity index (χ3v) is 5.80. The molecule has 0 aliphatic carbocycles. The van der Waals surface area contributed by atoms with Crippen molar-refractivity contribution in [3.05, 3.63) is 53.6 Å². The van der Waals surface area contributed by atoms with Crippen molar-refractivity contribution in [2.75, 3.05) is 41.0 Å². The molecule has 7 nitrogen and oxygen atoms in total. The minimum Gasteiger partial charge on any atom is -0.497 e. The molecule has 7 heteroatoms. The van der Waals surface area contributed by atoms with Gasteiger partial charge in [0.05, 0.1) is 27.2 Å². The van der Waals surface area contributed by atoms with Crippen LogP contribution < -0.4 is 19.5 Å². The lowest BCUT2D eigenvalue weighted by atomic mass is 9.87. The highest BCUT2D eigenvalue weighted by molar-refractivity contribution is 5.95. The van der Waals surface area contributed by atoms with Crippen molar-refractivity contribution in [1.82, 2.24) is 10.2 Å². The minimum absolute atomic E-state index is 0.0568. The Bertz CT molecular complexity index is 942. The van der Waals surface area contributed by atoms with Gasteiger partial charge in [0.2, 0.25) is 5.91 Å². The number of hydrogen-bond donors (Lipinski definition) is 1. The van der Waals surface area contributed by atoms with E-state index in [2.05, 4.69) is 19.2 Å². The Labute approximate surface area is 189 Å². The molecule has 2 atom stereocenters. The van der Waals surface area contributed by atoms with Crippen molar-refractivity contribution in [3.8, 4) is 17.2 Å². The quantitative estimate of drug-likeness (QED) is 0.681. The summed E-state index contributed by atoms with van der Waals surface area (Å²) in [6.07, 6.45) is 0. The van der Waals surface area contributed by atoms with Crippen LogP contribution in [-0.4, -0.2) is 57.7 Å². The number of benzene rings is 2. The molecule has 2 aromatic rings. The normalized spacial score (nSPS) is 17.9. The lowest BCUT2D eigenvalue weighted by Gasteiger charge is -2.22. The van der Waals surface area contributed by atoms with Gasteiger partial charge >= 0.3 is 0 Å². The van der Waals surface area contributed by atoms with Gasteiger partial charge in [0.25, 0.3) is 5.91 Å². The third kappa shape index (κ3) is 4.98. The fraction of sp³-hybridized carbons (Fsp3) is 0.440. The summed E-state index contributed by atoms with van der Waals surface area (Å²) in [5.41, 5.74) is 1.42. The van der Waals surface area contributed by atoms with Gasteiger partial charge in [-0.15, -0.1) is 0 Å². The van der Waals surface area contributed by atoms with E-state index in [1.807, 2.05) is 18.2 Å². The molecule has 172 valence electrons. The molecule has 3 rings (SSSR count). The van der Waals surface area contributed by atoms with E-state index in [4.69, 9.17) is 14.2 Å². The first-order valence-electron chi connectivity index (χ1n) is 10.8. The van der Waals surface area contributed by atoms with Gasteiger partial charge < -0.3 is 24.4 Å². The first-order valence-corrected chi connectivity index (χ1v) is 10.8. The predicted molar refractivity (Wildman–Crippen MR) is 123 cm³/mol. The zero-order chi connectivity index (χ0) is 23.3. The van der Waals surface area contributed by atoms with E-state index in [0.29, 0.717) is 48.4 Å². The van der Waals surface area contributed by atoms with Gasteiger partial charge in [-0.1, -0.05) is 26.0 Å². The van der Waals surface area contributed by atoms with Crippen LogP contribution >= 0.6 is 0 Å². The van der Waals surface area contributed by atoms with Crippen LogP contribution in [0.2, 0.25) is 0 Å². The maximum absolute atomic E-state index is 13.2. The first kappa shape index (κ1) is 23.4. The Morgan fingerprint density at radius 1 is 1.00 bits per heavy atom. The van der Waals surface area contributed by atoms with E-state index < -0.39 is 5.92 Å². The Kier molecular flexibility index (Phi) is 7.62. The molecule has 2 amide bonds. The van der Waals surface area contributed by atoms with E-state index in [0.717, 1.165) is 5.56 Å². The number of amides is 2. The van der Waals surface area contributed by atoms with Crippen molar-refractivity contribution in [1.29, 1.82) is 0 Å². The first-order chi connectivity index (χ1) is 15.4. The van der Waals surface area contributed by atoms with Gasteiger partial charge in [-0.05, 0) is 36.2 Å². The number of nitrogens with zero attached hydrogens (tertiary/aromatic N) is 1. The highest BCUT2D eigenvalue weighted by Gasteiger charge is 2.42. The molecule has 1 aliphatic rings. The maximum atomic E-state index is 13.2. The van der Waals surface area contributed by atoms with Gasteiger partial charge in [0.1, 0.15) is 5.75 Å². The molecule has 0 saturated carbocycles. The van der Waals surface area contributed by atoms with E-state index in [9.17, 15) is 9.59 Å². The molecule has 1 heterocycles. The Morgan fingerprint density at radius 3 is 2.31 bits per heavy atom. The minimum atomic E-state index is -0.392. The van der Waals surface area contributed by atoms with Crippen LogP contribution in [0.5, 0.6) is 17.2 Å². The number of methoxy groups -OCH3 is 3. The highest BCUT2D eigenvalue weighted by Crippen LogP contribution is 2.42. The Hall–Kier alpha value is -3.22. The molecular formula is C25H32N2O5. The molecule has 1 saturated heterocycles. The van der Waals surface area contributed by atoms with E-state index in [1.165, 1.54) is 0 Å². The molecule has 32 heavy (non-hydrogen) atoms. The third-order valence-electron chi connectivity index (χ3n) is 5.80. The molecule has 0 unspecified atom stereocenters. The van der Waals surface area contributed by atoms with Crippen LogP contribution in [0.3, 0.4) is 0 Å². The van der Waals surface area contributed by atoms with Crippen LogP contribution in [0.1, 0.15) is 35.7 Å². The standard InChI is InChI=1S/C25H32N2O5/c1-16(2)13-26-24(28)21-15-27(25(29)17-9-11-18(30-3)12-10-17)14-20(21)19-7-6-8-22(31-4)23(19)32-5/h6-12,16,20-21H,13-15H2,1-5H3,(H,26,28)/t20-,21-/m0/s1. The van der Waals surface area contributed by atoms with Gasteiger partial charge in [0, 0.05) is 36.7 Å². The molecule has 2 aromatic carbocycles. The van der Waals surface area contributed by atoms with Gasteiger partial charge in [0.15, 0.2) is 11.5 Å². The summed E-state index contributed by atoms with van der Waals surface area (Å²) in [4.78, 5) is 28.1. The van der Waals surface area contributed by atoms with E-state index in [1.54, 1.807) is 50.5 Å². The lowest BCUT2D eigenvalue weighted by molar-refractivity contribution is -0.125. The highest BCUT2D eigenvalue weighted by atomic mass is 16.5. The zero-order valence-corrected chi connectivity index (χ0v) is 19.4. The van der Waals surface area contributed by atoms with Crippen molar-refractivity contribution in [3.63, 3.8) is 0 Å². The van der Waals surface area contributed by atoms with E-state index >= 15 is 0 Å². The number of carbonyl (C=O) groups is 2. The maximum Gasteiger partial charge on any atom is 0.253 e. The SMILES string of the molecule is COc1ccc(C(=O)N2C[C@H](C(=O)NCC(C)C)[C@H](c3cccc(OC)c3OC)C2)cc1. The molecule has 0 spiro atoms. The summed E-state index contributed by atoms with van der Waals surface area (Å²) >= 11 is 0. The summed E-state index contributed by atoms with van der Waals surface area (Å²) in [5.74, 6) is 1.45. The van der Waals surface area contributed by atoms with Crippen LogP contribution in [0.4, 0.5) is 0 Å². The van der Waals surface area contributed by atoms with Crippen molar-refractivity contribution in [2.24, 2.45) is 11.8 Å². The second kappa shape index (κ2) is 10.4. The summed E-state index contributed by atoms with van der Waals surface area (Å²) in [5, 5.41) is 3.04. The molecule has 0 radical (unpaired) electrons. The number of likely N-dealkylation sites (tertiary alicyclic amines) is 1. The van der Waals surface area contributed by atoms with E-state index in [-0.39, 0.29) is 17.7 Å². The van der Waals surface area contributed by atoms with Crippen molar-refractivity contribution in [2.45, 2.75) is 19.8 Å². The molecule has 0 aromatic heterocycles. The van der Waals surface area contributed by atoms with Crippen LogP contribution in [0, 0.1) is 11.8 Å². The van der Waals surface area contributed by atoms with Crippen LogP contribution in [0.25, 0.3) is 0 Å². The second-order valence-corrected chi connectivity index (χ2v) is 8.37.